The van der Waals surface area contributed by atoms with Gasteiger partial charge in [0, 0.05) is 5.75 Å². The summed E-state index contributed by atoms with van der Waals surface area (Å²) in [5, 5.41) is 17.3. The lowest BCUT2D eigenvalue weighted by atomic mass is 10.1. The van der Waals surface area contributed by atoms with E-state index in [1.807, 2.05) is 26.0 Å². The summed E-state index contributed by atoms with van der Waals surface area (Å²) in [4.78, 5) is 11.0. The highest BCUT2D eigenvalue weighted by molar-refractivity contribution is 7.99. The highest BCUT2D eigenvalue weighted by Crippen LogP contribution is 2.24. The molecule has 0 amide bonds. The topological polar surface area (TPSA) is 61.1 Å². The highest BCUT2D eigenvalue weighted by Gasteiger charge is 2.21. The van der Waals surface area contributed by atoms with Crippen molar-refractivity contribution in [1.82, 2.24) is 0 Å². The van der Waals surface area contributed by atoms with Gasteiger partial charge in [0.05, 0.1) is 11.6 Å². The zero-order chi connectivity index (χ0) is 12.8. The maximum Gasteiger partial charge on any atom is 0.316 e. The predicted octanol–water partition coefficient (Wildman–Crippen LogP) is 2.90. The van der Waals surface area contributed by atoms with Gasteiger partial charge in [0.25, 0.3) is 0 Å². The Morgan fingerprint density at radius 2 is 2.00 bits per heavy atom. The Labute approximate surface area is 105 Å². The summed E-state index contributed by atoms with van der Waals surface area (Å²) in [5.74, 6) is -0.00422. The molecular weight excluding hydrogens is 234 g/mol. The van der Waals surface area contributed by atoms with Gasteiger partial charge in [0.2, 0.25) is 0 Å². The molecule has 0 saturated heterocycles. The van der Waals surface area contributed by atoms with E-state index in [4.69, 9.17) is 10.4 Å². The van der Waals surface area contributed by atoms with Crippen LogP contribution in [0.4, 0.5) is 0 Å². The van der Waals surface area contributed by atoms with Gasteiger partial charge in [-0.1, -0.05) is 26.0 Å². The van der Waals surface area contributed by atoms with Crippen LogP contribution in [0, 0.1) is 17.2 Å². The number of hydrogen-bond donors (Lipinski definition) is 1. The summed E-state index contributed by atoms with van der Waals surface area (Å²) in [5.41, 5.74) is 1.67. The van der Waals surface area contributed by atoms with Crippen LogP contribution in [-0.2, 0) is 10.5 Å². The van der Waals surface area contributed by atoms with E-state index in [2.05, 4.69) is 6.07 Å². The average Bonchev–Trinajstić information content (AvgIpc) is 2.29. The summed E-state index contributed by atoms with van der Waals surface area (Å²) < 4.78 is 0. The number of hydrogen-bond acceptors (Lipinski definition) is 3. The highest BCUT2D eigenvalue weighted by atomic mass is 32.2. The molecule has 1 rings (SSSR count). The Morgan fingerprint density at radius 3 is 2.41 bits per heavy atom. The first-order valence-corrected chi connectivity index (χ1v) is 6.43. The first-order valence-electron chi connectivity index (χ1n) is 5.38. The minimum atomic E-state index is -0.765. The van der Waals surface area contributed by atoms with Crippen molar-refractivity contribution in [2.75, 3.05) is 0 Å². The number of carbonyl (C=O) groups is 1. The van der Waals surface area contributed by atoms with Gasteiger partial charge < -0.3 is 5.11 Å². The largest absolute Gasteiger partial charge is 0.480 e. The normalized spacial score (nSPS) is 12.1. The Hall–Kier alpha value is -1.47. The molecule has 0 saturated carbocycles. The lowest BCUT2D eigenvalue weighted by molar-refractivity contribution is -0.137. The second-order valence-electron chi connectivity index (χ2n) is 4.12. The van der Waals surface area contributed by atoms with Crippen molar-refractivity contribution in [3.63, 3.8) is 0 Å². The number of carboxylic acids is 1. The summed E-state index contributed by atoms with van der Waals surface area (Å²) in [6, 6.07) is 9.29. The van der Waals surface area contributed by atoms with Crippen LogP contribution in [0.5, 0.6) is 0 Å². The number of nitrogens with zero attached hydrogens (tertiary/aromatic N) is 1. The van der Waals surface area contributed by atoms with Crippen molar-refractivity contribution in [3.8, 4) is 6.07 Å². The minimum Gasteiger partial charge on any atom is -0.480 e. The predicted molar refractivity (Wildman–Crippen MR) is 68.7 cm³/mol. The van der Waals surface area contributed by atoms with E-state index >= 15 is 0 Å². The SMILES string of the molecule is CC(C)C(SCc1ccc(C#N)cc1)C(=O)O. The molecule has 1 N–H and O–H groups in total. The molecule has 1 aromatic carbocycles. The van der Waals surface area contributed by atoms with Gasteiger partial charge in [-0.2, -0.15) is 5.26 Å². The Balaban J connectivity index is 2.60. The van der Waals surface area contributed by atoms with Gasteiger partial charge in [-0.05, 0) is 23.6 Å². The maximum atomic E-state index is 11.0. The molecule has 90 valence electrons. The number of rotatable bonds is 5. The van der Waals surface area contributed by atoms with Crippen LogP contribution >= 0.6 is 11.8 Å². The van der Waals surface area contributed by atoms with E-state index in [1.165, 1.54) is 11.8 Å². The van der Waals surface area contributed by atoms with Crippen LogP contribution in [0.3, 0.4) is 0 Å². The van der Waals surface area contributed by atoms with Gasteiger partial charge in [0.1, 0.15) is 5.25 Å². The van der Waals surface area contributed by atoms with Crippen molar-refractivity contribution in [3.05, 3.63) is 35.4 Å². The number of carboxylic acid groups (broad SMARTS) is 1. The lowest BCUT2D eigenvalue weighted by Gasteiger charge is -2.15. The molecule has 0 bridgehead atoms. The fourth-order valence-electron chi connectivity index (χ4n) is 1.41. The third kappa shape index (κ3) is 4.12. The van der Waals surface area contributed by atoms with Gasteiger partial charge in [-0.3, -0.25) is 4.79 Å². The molecule has 3 nitrogen and oxygen atoms in total. The number of benzene rings is 1. The summed E-state index contributed by atoms with van der Waals surface area (Å²) >= 11 is 1.42. The summed E-state index contributed by atoms with van der Waals surface area (Å²) in [7, 11) is 0. The van der Waals surface area contributed by atoms with Crippen molar-refractivity contribution >= 4 is 17.7 Å². The van der Waals surface area contributed by atoms with Crippen molar-refractivity contribution in [2.45, 2.75) is 24.9 Å². The molecule has 0 radical (unpaired) electrons. The Bertz CT molecular complexity index is 420. The number of aliphatic carboxylic acids is 1. The van der Waals surface area contributed by atoms with Gasteiger partial charge in [0.15, 0.2) is 0 Å². The van der Waals surface area contributed by atoms with Crippen LogP contribution < -0.4 is 0 Å². The van der Waals surface area contributed by atoms with E-state index in [9.17, 15) is 4.79 Å². The monoisotopic (exact) mass is 249 g/mol. The van der Waals surface area contributed by atoms with E-state index in [0.717, 1.165) is 5.56 Å². The average molecular weight is 249 g/mol. The van der Waals surface area contributed by atoms with E-state index in [1.54, 1.807) is 12.1 Å². The molecule has 0 aliphatic carbocycles. The van der Waals surface area contributed by atoms with E-state index < -0.39 is 5.97 Å². The molecule has 0 heterocycles. The second kappa shape index (κ2) is 6.31. The third-order valence-electron chi connectivity index (χ3n) is 2.36. The molecule has 0 aliphatic rings. The third-order valence-corrected chi connectivity index (χ3v) is 3.97. The Kier molecular flexibility index (Phi) is 5.05. The molecular formula is C13H15NO2S. The molecule has 0 spiro atoms. The maximum absolute atomic E-state index is 11.0. The standard InChI is InChI=1S/C13H15NO2S/c1-9(2)12(13(15)16)17-8-11-5-3-10(7-14)4-6-11/h3-6,9,12H,8H2,1-2H3,(H,15,16). The molecule has 0 fully saturated rings. The lowest BCUT2D eigenvalue weighted by Crippen LogP contribution is -2.22. The van der Waals surface area contributed by atoms with Crippen LogP contribution in [-0.4, -0.2) is 16.3 Å². The smallest absolute Gasteiger partial charge is 0.316 e. The summed E-state index contributed by atoms with van der Waals surface area (Å²) in [6.45, 7) is 3.81. The Morgan fingerprint density at radius 1 is 1.41 bits per heavy atom. The van der Waals surface area contributed by atoms with Crippen molar-refractivity contribution < 1.29 is 9.90 Å². The molecule has 0 aliphatic heterocycles. The second-order valence-corrected chi connectivity index (χ2v) is 5.25. The zero-order valence-electron chi connectivity index (χ0n) is 9.88. The molecule has 4 heteroatoms. The van der Waals surface area contributed by atoms with Gasteiger partial charge in [-0.15, -0.1) is 11.8 Å². The quantitative estimate of drug-likeness (QED) is 0.871. The van der Waals surface area contributed by atoms with Crippen LogP contribution in [0.2, 0.25) is 0 Å². The number of nitriles is 1. The molecule has 0 aromatic heterocycles. The first kappa shape index (κ1) is 13.6. The molecule has 1 aromatic rings. The fourth-order valence-corrected chi connectivity index (χ4v) is 2.50. The van der Waals surface area contributed by atoms with Gasteiger partial charge in [-0.25, -0.2) is 0 Å². The zero-order valence-corrected chi connectivity index (χ0v) is 10.7. The van der Waals surface area contributed by atoms with Crippen LogP contribution in [0.25, 0.3) is 0 Å². The van der Waals surface area contributed by atoms with E-state index in [0.29, 0.717) is 11.3 Å². The molecule has 1 atom stereocenters. The summed E-state index contributed by atoms with van der Waals surface area (Å²) in [6.07, 6.45) is 0. The molecule has 1 unspecified atom stereocenters. The van der Waals surface area contributed by atoms with Crippen molar-refractivity contribution in [1.29, 1.82) is 5.26 Å². The van der Waals surface area contributed by atoms with Crippen LogP contribution in [0.15, 0.2) is 24.3 Å². The first-order chi connectivity index (χ1) is 8.04. The fraction of sp³-hybridized carbons (Fsp3) is 0.385. The minimum absolute atomic E-state index is 0.107. The van der Waals surface area contributed by atoms with Crippen LogP contribution in [0.1, 0.15) is 25.0 Å². The number of thioether (sulfide) groups is 1. The van der Waals surface area contributed by atoms with Crippen molar-refractivity contribution in [2.24, 2.45) is 5.92 Å². The van der Waals surface area contributed by atoms with E-state index in [-0.39, 0.29) is 11.2 Å². The van der Waals surface area contributed by atoms with Gasteiger partial charge >= 0.3 is 5.97 Å². The molecule has 17 heavy (non-hydrogen) atoms.